The van der Waals surface area contributed by atoms with Crippen molar-refractivity contribution in [3.8, 4) is 11.3 Å². The number of carboxylic acids is 1. The molecule has 1 N–H and O–H groups in total. The van der Waals surface area contributed by atoms with Crippen LogP contribution in [0.5, 0.6) is 0 Å². The molecule has 27 heavy (non-hydrogen) atoms. The Hall–Kier alpha value is -2.63. The van der Waals surface area contributed by atoms with Gasteiger partial charge in [-0.25, -0.2) is 4.98 Å². The number of aromatic nitrogens is 1. The molecule has 1 saturated heterocycles. The summed E-state index contributed by atoms with van der Waals surface area (Å²) in [5.41, 5.74) is 2.15. The Morgan fingerprint density at radius 3 is 2.74 bits per heavy atom. The maximum Gasteiger partial charge on any atom is 0.303 e. The predicted octanol–water partition coefficient (Wildman–Crippen LogP) is 3.83. The predicted molar refractivity (Wildman–Crippen MR) is 101 cm³/mol. The Labute approximate surface area is 159 Å². The molecule has 0 radical (unpaired) electrons. The van der Waals surface area contributed by atoms with Gasteiger partial charge in [0.2, 0.25) is 5.91 Å². The zero-order valence-electron chi connectivity index (χ0n) is 15.7. The molecule has 0 spiro atoms. The second-order valence-electron chi connectivity index (χ2n) is 7.15. The molecule has 1 fully saturated rings. The van der Waals surface area contributed by atoms with Gasteiger partial charge in [0.1, 0.15) is 0 Å². The molecule has 0 bridgehead atoms. The molecule has 1 aliphatic rings. The molecule has 144 valence electrons. The Morgan fingerprint density at radius 2 is 2.00 bits per heavy atom. The summed E-state index contributed by atoms with van der Waals surface area (Å²) >= 11 is 0. The van der Waals surface area contributed by atoms with E-state index in [1.54, 1.807) is 6.20 Å². The van der Waals surface area contributed by atoms with Gasteiger partial charge in [-0.15, -0.1) is 0 Å². The highest BCUT2D eigenvalue weighted by molar-refractivity contribution is 5.77. The lowest BCUT2D eigenvalue weighted by Crippen LogP contribution is -2.44. The molecule has 1 aliphatic heterocycles. The molecule has 0 aliphatic carbocycles. The van der Waals surface area contributed by atoms with Crippen molar-refractivity contribution in [2.75, 3.05) is 6.54 Å². The van der Waals surface area contributed by atoms with Crippen molar-refractivity contribution in [3.63, 3.8) is 0 Å². The zero-order chi connectivity index (χ0) is 19.2. The minimum absolute atomic E-state index is 0.0371. The average molecular weight is 370 g/mol. The molecule has 0 saturated carbocycles. The maximum atomic E-state index is 12.6. The number of hydrogen-bond donors (Lipinski definition) is 1. The van der Waals surface area contributed by atoms with Crippen LogP contribution >= 0.6 is 0 Å². The van der Waals surface area contributed by atoms with E-state index >= 15 is 0 Å². The van der Waals surface area contributed by atoms with Crippen LogP contribution in [0.15, 0.2) is 34.9 Å². The molecule has 2 heterocycles. The van der Waals surface area contributed by atoms with Crippen LogP contribution in [-0.2, 0) is 16.0 Å². The highest BCUT2D eigenvalue weighted by Gasteiger charge is 2.27. The van der Waals surface area contributed by atoms with Crippen molar-refractivity contribution in [2.24, 2.45) is 0 Å². The molecule has 1 unspecified atom stereocenters. The van der Waals surface area contributed by atoms with Crippen molar-refractivity contribution < 1.29 is 19.1 Å². The smallest absolute Gasteiger partial charge is 0.303 e. The van der Waals surface area contributed by atoms with Gasteiger partial charge >= 0.3 is 5.97 Å². The minimum Gasteiger partial charge on any atom is -0.481 e. The first-order valence-corrected chi connectivity index (χ1v) is 9.56. The summed E-state index contributed by atoms with van der Waals surface area (Å²) < 4.78 is 5.79. The quantitative estimate of drug-likeness (QED) is 0.801. The van der Waals surface area contributed by atoms with E-state index in [1.807, 2.05) is 36.1 Å². The highest BCUT2D eigenvalue weighted by atomic mass is 16.4. The zero-order valence-corrected chi connectivity index (χ0v) is 15.7. The van der Waals surface area contributed by atoms with E-state index in [-0.39, 0.29) is 18.4 Å². The summed E-state index contributed by atoms with van der Waals surface area (Å²) in [7, 11) is 0. The fourth-order valence-corrected chi connectivity index (χ4v) is 3.55. The van der Waals surface area contributed by atoms with Crippen LogP contribution < -0.4 is 0 Å². The number of nitrogens with zero attached hydrogens (tertiary/aromatic N) is 2. The van der Waals surface area contributed by atoms with Gasteiger partial charge in [-0.2, -0.15) is 0 Å². The third-order valence-electron chi connectivity index (χ3n) is 5.08. The Morgan fingerprint density at radius 1 is 1.22 bits per heavy atom. The average Bonchev–Trinajstić information content (AvgIpc) is 3.14. The SMILES string of the molecule is Cc1ccc(-c2cnc(CCC(=O)N3CCCCC3CCC(=O)O)o2)cc1. The molecule has 6 nitrogen and oxygen atoms in total. The fraction of sp³-hybridized carbons (Fsp3) is 0.476. The van der Waals surface area contributed by atoms with Crippen molar-refractivity contribution >= 4 is 11.9 Å². The second-order valence-corrected chi connectivity index (χ2v) is 7.15. The van der Waals surface area contributed by atoms with Gasteiger partial charge in [-0.3, -0.25) is 9.59 Å². The lowest BCUT2D eigenvalue weighted by Gasteiger charge is -2.35. The van der Waals surface area contributed by atoms with E-state index in [0.717, 1.165) is 24.8 Å². The standard InChI is InChI=1S/C21H26N2O4/c1-15-5-7-16(8-6-15)18-14-22-19(27-18)10-11-20(24)23-13-3-2-4-17(23)9-12-21(25)26/h5-8,14,17H,2-4,9-13H2,1H3,(H,25,26). The second kappa shape index (κ2) is 8.84. The van der Waals surface area contributed by atoms with E-state index in [4.69, 9.17) is 9.52 Å². The van der Waals surface area contributed by atoms with Crippen molar-refractivity contribution in [3.05, 3.63) is 41.9 Å². The first-order chi connectivity index (χ1) is 13.0. The molecule has 1 amide bonds. The van der Waals surface area contributed by atoms with Gasteiger partial charge in [0, 0.05) is 37.4 Å². The largest absolute Gasteiger partial charge is 0.481 e. The van der Waals surface area contributed by atoms with Gasteiger partial charge in [-0.05, 0) is 32.6 Å². The number of rotatable bonds is 7. The number of hydrogen-bond acceptors (Lipinski definition) is 4. The summed E-state index contributed by atoms with van der Waals surface area (Å²) in [5.74, 6) is 0.504. The van der Waals surface area contributed by atoms with Gasteiger partial charge < -0.3 is 14.4 Å². The van der Waals surface area contributed by atoms with Crippen LogP contribution in [-0.4, -0.2) is 39.5 Å². The molecule has 1 aromatic heterocycles. The Balaban J connectivity index is 1.56. The molecule has 1 atom stereocenters. The van der Waals surface area contributed by atoms with E-state index in [2.05, 4.69) is 4.98 Å². The number of carbonyl (C=O) groups is 2. The van der Waals surface area contributed by atoms with Crippen LogP contribution in [0.3, 0.4) is 0 Å². The summed E-state index contributed by atoms with van der Waals surface area (Å²) in [5, 5.41) is 8.91. The number of amides is 1. The number of benzene rings is 1. The van der Waals surface area contributed by atoms with Gasteiger partial charge in [-0.1, -0.05) is 29.8 Å². The molecule has 1 aromatic carbocycles. The first kappa shape index (κ1) is 19.1. The third kappa shape index (κ3) is 5.18. The van der Waals surface area contributed by atoms with Crippen LogP contribution in [0.2, 0.25) is 0 Å². The lowest BCUT2D eigenvalue weighted by atomic mass is 9.97. The van der Waals surface area contributed by atoms with Crippen LogP contribution in [0.1, 0.15) is 50.0 Å². The molecular weight excluding hydrogens is 344 g/mol. The number of carbonyl (C=O) groups excluding carboxylic acids is 1. The summed E-state index contributed by atoms with van der Waals surface area (Å²) in [6.45, 7) is 2.74. The molecule has 6 heteroatoms. The Bertz CT molecular complexity index is 782. The topological polar surface area (TPSA) is 83.6 Å². The maximum absolute atomic E-state index is 12.6. The molecule has 2 aromatic rings. The van der Waals surface area contributed by atoms with Crippen molar-refractivity contribution in [2.45, 2.75) is 57.9 Å². The number of likely N-dealkylation sites (tertiary alicyclic amines) is 1. The van der Waals surface area contributed by atoms with E-state index < -0.39 is 5.97 Å². The number of piperidine rings is 1. The van der Waals surface area contributed by atoms with E-state index in [0.29, 0.717) is 37.5 Å². The summed E-state index contributed by atoms with van der Waals surface area (Å²) in [6, 6.07) is 8.07. The van der Waals surface area contributed by atoms with E-state index in [1.165, 1.54) is 5.56 Å². The Kier molecular flexibility index (Phi) is 6.27. The normalized spacial score (nSPS) is 17.1. The minimum atomic E-state index is -0.809. The third-order valence-corrected chi connectivity index (χ3v) is 5.08. The fourth-order valence-electron chi connectivity index (χ4n) is 3.55. The van der Waals surface area contributed by atoms with Crippen LogP contribution in [0.25, 0.3) is 11.3 Å². The van der Waals surface area contributed by atoms with Crippen LogP contribution in [0.4, 0.5) is 0 Å². The first-order valence-electron chi connectivity index (χ1n) is 9.56. The van der Waals surface area contributed by atoms with Gasteiger partial charge in [0.15, 0.2) is 11.7 Å². The number of carboxylic acid groups (broad SMARTS) is 1. The lowest BCUT2D eigenvalue weighted by molar-refractivity contribution is -0.140. The van der Waals surface area contributed by atoms with Crippen molar-refractivity contribution in [1.82, 2.24) is 9.88 Å². The van der Waals surface area contributed by atoms with E-state index in [9.17, 15) is 9.59 Å². The summed E-state index contributed by atoms with van der Waals surface area (Å²) in [6.07, 6.45) is 6.02. The van der Waals surface area contributed by atoms with Crippen LogP contribution in [0, 0.1) is 6.92 Å². The van der Waals surface area contributed by atoms with Crippen molar-refractivity contribution in [1.29, 1.82) is 0 Å². The number of aliphatic carboxylic acids is 1. The number of aryl methyl sites for hydroxylation is 2. The summed E-state index contributed by atoms with van der Waals surface area (Å²) in [4.78, 5) is 29.6. The van der Waals surface area contributed by atoms with Gasteiger partial charge in [0.25, 0.3) is 0 Å². The monoisotopic (exact) mass is 370 g/mol. The molecule has 3 rings (SSSR count). The molecular formula is C21H26N2O4. The van der Waals surface area contributed by atoms with Gasteiger partial charge in [0.05, 0.1) is 6.20 Å². The number of oxazole rings is 1. The highest BCUT2D eigenvalue weighted by Crippen LogP contribution is 2.24.